The zero-order valence-corrected chi connectivity index (χ0v) is 20.8. The van der Waals surface area contributed by atoms with Crippen LogP contribution in [0.5, 0.6) is 0 Å². The highest BCUT2D eigenvalue weighted by atomic mass is 32.1. The summed E-state index contributed by atoms with van der Waals surface area (Å²) in [5, 5.41) is 4.91. The van der Waals surface area contributed by atoms with E-state index < -0.39 is 0 Å². The van der Waals surface area contributed by atoms with Crippen LogP contribution in [0.15, 0.2) is 79.1 Å². The molecule has 1 aliphatic rings. The highest BCUT2D eigenvalue weighted by Gasteiger charge is 2.15. The number of morpholine rings is 1. The van der Waals surface area contributed by atoms with Gasteiger partial charge in [-0.1, -0.05) is 42.5 Å². The summed E-state index contributed by atoms with van der Waals surface area (Å²) >= 11 is 5.89. The van der Waals surface area contributed by atoms with Crippen LogP contribution in [-0.4, -0.2) is 57.6 Å². The Kier molecular flexibility index (Phi) is 7.32. The van der Waals surface area contributed by atoms with Crippen LogP contribution < -0.4 is 4.90 Å². The zero-order chi connectivity index (χ0) is 24.0. The summed E-state index contributed by atoms with van der Waals surface area (Å²) in [5.41, 5.74) is 4.64. The van der Waals surface area contributed by atoms with Gasteiger partial charge in [0.05, 0.1) is 26.4 Å². The fourth-order valence-corrected chi connectivity index (χ4v) is 4.62. The van der Waals surface area contributed by atoms with E-state index in [1.165, 1.54) is 16.8 Å². The minimum atomic E-state index is 0.596. The van der Waals surface area contributed by atoms with Crippen LogP contribution in [0.4, 0.5) is 5.69 Å². The monoisotopic (exact) mass is 486 g/mol. The largest absolute Gasteiger partial charge is 0.378 e. The quantitative estimate of drug-likeness (QED) is 0.343. The number of rotatable bonds is 8. The fourth-order valence-electron chi connectivity index (χ4n) is 4.37. The van der Waals surface area contributed by atoms with Gasteiger partial charge in [-0.05, 0) is 54.7 Å². The van der Waals surface area contributed by atoms with Gasteiger partial charge < -0.3 is 9.64 Å². The van der Waals surface area contributed by atoms with Gasteiger partial charge in [0, 0.05) is 43.3 Å². The molecule has 3 heterocycles. The Bertz CT molecular complexity index is 1280. The molecule has 0 N–H and O–H groups in total. The molecule has 1 saturated heterocycles. The van der Waals surface area contributed by atoms with E-state index >= 15 is 0 Å². The smallest absolute Gasteiger partial charge is 0.199 e. The lowest BCUT2D eigenvalue weighted by atomic mass is 10.2. The van der Waals surface area contributed by atoms with Crippen LogP contribution in [0.1, 0.15) is 11.1 Å². The Morgan fingerprint density at radius 3 is 2.43 bits per heavy atom. The summed E-state index contributed by atoms with van der Waals surface area (Å²) in [5.74, 6) is 0.829. The molecule has 2 aromatic heterocycles. The normalized spacial score (nSPS) is 13.9. The minimum absolute atomic E-state index is 0.596. The lowest BCUT2D eigenvalue weighted by Gasteiger charge is -2.29. The SMILES string of the molecule is CN(Cc1ccc(N2CCOCC2)cc1)Cn1nc(-c2cccnc2)n(Cc2ccccc2)c1=S. The predicted octanol–water partition coefficient (Wildman–Crippen LogP) is 4.45. The van der Waals surface area contributed by atoms with E-state index in [0.717, 1.165) is 44.2 Å². The van der Waals surface area contributed by atoms with Crippen LogP contribution in [0.2, 0.25) is 0 Å². The second kappa shape index (κ2) is 10.9. The second-order valence-electron chi connectivity index (χ2n) is 8.84. The first kappa shape index (κ1) is 23.4. The van der Waals surface area contributed by atoms with Crippen molar-refractivity contribution in [2.24, 2.45) is 0 Å². The molecule has 4 aromatic rings. The number of benzene rings is 2. The van der Waals surface area contributed by atoms with E-state index in [-0.39, 0.29) is 0 Å². The van der Waals surface area contributed by atoms with Gasteiger partial charge >= 0.3 is 0 Å². The Morgan fingerprint density at radius 1 is 0.943 bits per heavy atom. The van der Waals surface area contributed by atoms with E-state index in [0.29, 0.717) is 18.0 Å². The average molecular weight is 487 g/mol. The Labute approximate surface area is 211 Å². The van der Waals surface area contributed by atoms with Crippen molar-refractivity contribution in [1.29, 1.82) is 0 Å². The van der Waals surface area contributed by atoms with Crippen molar-refractivity contribution in [2.75, 3.05) is 38.3 Å². The summed E-state index contributed by atoms with van der Waals surface area (Å²) in [7, 11) is 2.09. The highest BCUT2D eigenvalue weighted by Crippen LogP contribution is 2.20. The van der Waals surface area contributed by atoms with Crippen molar-refractivity contribution in [3.8, 4) is 11.4 Å². The molecule has 1 aliphatic heterocycles. The third-order valence-corrected chi connectivity index (χ3v) is 6.60. The number of hydrogen-bond donors (Lipinski definition) is 0. The van der Waals surface area contributed by atoms with E-state index in [1.54, 1.807) is 6.20 Å². The average Bonchev–Trinajstić information content (AvgIpc) is 3.20. The number of ether oxygens (including phenoxy) is 1. The van der Waals surface area contributed by atoms with Crippen molar-refractivity contribution in [3.05, 3.63) is 95.0 Å². The second-order valence-corrected chi connectivity index (χ2v) is 9.21. The Balaban J connectivity index is 1.33. The molecule has 2 aromatic carbocycles. The van der Waals surface area contributed by atoms with E-state index in [2.05, 4.69) is 62.8 Å². The Morgan fingerprint density at radius 2 is 1.71 bits per heavy atom. The first-order chi connectivity index (χ1) is 17.2. The molecule has 0 radical (unpaired) electrons. The van der Waals surface area contributed by atoms with Gasteiger partial charge in [-0.25, -0.2) is 4.68 Å². The van der Waals surface area contributed by atoms with Crippen LogP contribution >= 0.6 is 12.2 Å². The van der Waals surface area contributed by atoms with Gasteiger partial charge in [0.15, 0.2) is 10.6 Å². The number of pyridine rings is 1. The van der Waals surface area contributed by atoms with E-state index in [9.17, 15) is 0 Å². The van der Waals surface area contributed by atoms with E-state index in [4.69, 9.17) is 22.1 Å². The highest BCUT2D eigenvalue weighted by molar-refractivity contribution is 7.71. The third-order valence-electron chi connectivity index (χ3n) is 6.17. The number of hydrogen-bond acceptors (Lipinski definition) is 6. The molecule has 8 heteroatoms. The van der Waals surface area contributed by atoms with Gasteiger partial charge in [-0.15, -0.1) is 0 Å². The fraction of sp³-hybridized carbons (Fsp3) is 0.296. The van der Waals surface area contributed by atoms with Crippen molar-refractivity contribution in [1.82, 2.24) is 24.2 Å². The van der Waals surface area contributed by atoms with Crippen LogP contribution in [0.25, 0.3) is 11.4 Å². The van der Waals surface area contributed by atoms with Crippen molar-refractivity contribution < 1.29 is 4.74 Å². The summed E-state index contributed by atoms with van der Waals surface area (Å²) in [6, 6.07) is 23.1. The van der Waals surface area contributed by atoms with Crippen LogP contribution in [0, 0.1) is 4.77 Å². The van der Waals surface area contributed by atoms with Gasteiger partial charge in [-0.3, -0.25) is 14.5 Å². The molecule has 0 amide bonds. The van der Waals surface area contributed by atoms with Crippen molar-refractivity contribution >= 4 is 17.9 Å². The maximum Gasteiger partial charge on any atom is 0.199 e. The van der Waals surface area contributed by atoms with Gasteiger partial charge in [0.2, 0.25) is 0 Å². The maximum atomic E-state index is 5.89. The lowest BCUT2D eigenvalue weighted by molar-refractivity contribution is 0.122. The number of anilines is 1. The molecule has 1 fully saturated rings. The Hall–Kier alpha value is -3.33. The molecule has 0 bridgehead atoms. The summed E-state index contributed by atoms with van der Waals surface area (Å²) in [6.45, 7) is 5.55. The zero-order valence-electron chi connectivity index (χ0n) is 20.0. The summed E-state index contributed by atoms with van der Waals surface area (Å²) in [4.78, 5) is 8.89. The summed E-state index contributed by atoms with van der Waals surface area (Å²) < 4.78 is 10.2. The van der Waals surface area contributed by atoms with Gasteiger partial charge in [-0.2, -0.15) is 5.10 Å². The predicted molar refractivity (Wildman–Crippen MR) is 141 cm³/mol. The van der Waals surface area contributed by atoms with Crippen molar-refractivity contribution in [2.45, 2.75) is 19.8 Å². The molecule has 0 unspecified atom stereocenters. The molecular formula is C27H30N6OS. The minimum Gasteiger partial charge on any atom is -0.378 e. The maximum absolute atomic E-state index is 5.89. The number of nitrogens with zero attached hydrogens (tertiary/aromatic N) is 6. The van der Waals surface area contributed by atoms with Crippen LogP contribution in [-0.2, 0) is 24.5 Å². The number of aromatic nitrogens is 4. The first-order valence-electron chi connectivity index (χ1n) is 11.9. The molecule has 0 saturated carbocycles. The topological polar surface area (TPSA) is 51.4 Å². The van der Waals surface area contributed by atoms with Crippen molar-refractivity contribution in [3.63, 3.8) is 0 Å². The standard InChI is InChI=1S/C27H30N6OS/c1-30(19-23-9-11-25(12-10-23)31-14-16-34-17-15-31)21-33-27(35)32(20-22-6-3-2-4-7-22)26(29-33)24-8-5-13-28-18-24/h2-13,18H,14-17,19-21H2,1H3. The molecule has 35 heavy (non-hydrogen) atoms. The van der Waals surface area contributed by atoms with E-state index in [1.807, 2.05) is 41.2 Å². The molecule has 5 rings (SSSR count). The molecule has 180 valence electrons. The molecule has 0 atom stereocenters. The molecular weight excluding hydrogens is 456 g/mol. The molecule has 7 nitrogen and oxygen atoms in total. The third kappa shape index (κ3) is 5.67. The first-order valence-corrected chi connectivity index (χ1v) is 12.3. The molecule has 0 spiro atoms. The van der Waals surface area contributed by atoms with Gasteiger partial charge in [0.1, 0.15) is 0 Å². The summed E-state index contributed by atoms with van der Waals surface area (Å²) in [6.07, 6.45) is 3.61. The van der Waals surface area contributed by atoms with Crippen LogP contribution in [0.3, 0.4) is 0 Å². The van der Waals surface area contributed by atoms with Gasteiger partial charge in [0.25, 0.3) is 0 Å². The molecule has 0 aliphatic carbocycles. The lowest BCUT2D eigenvalue weighted by Crippen LogP contribution is -2.36.